The van der Waals surface area contributed by atoms with Crippen molar-refractivity contribution >= 4 is 15.5 Å². The Morgan fingerprint density at radius 1 is 1.19 bits per heavy atom. The van der Waals surface area contributed by atoms with Crippen LogP contribution in [0, 0.1) is 0 Å². The SMILES string of the molecule is COC1CCC(Nc2ccccc2S(=O)(=O)C(F)F)CC1. The molecule has 0 bridgehead atoms. The molecule has 7 heteroatoms. The zero-order chi connectivity index (χ0) is 15.5. The summed E-state index contributed by atoms with van der Waals surface area (Å²) in [6.45, 7) is 0. The molecule has 118 valence electrons. The summed E-state index contributed by atoms with van der Waals surface area (Å²) in [7, 11) is -2.92. The third kappa shape index (κ3) is 3.71. The molecule has 0 amide bonds. The average Bonchev–Trinajstić information content (AvgIpc) is 2.48. The molecule has 1 aliphatic rings. The summed E-state index contributed by atoms with van der Waals surface area (Å²) >= 11 is 0. The fraction of sp³-hybridized carbons (Fsp3) is 0.571. The minimum atomic E-state index is -4.59. The van der Waals surface area contributed by atoms with Gasteiger partial charge >= 0.3 is 5.76 Å². The monoisotopic (exact) mass is 319 g/mol. The molecule has 4 nitrogen and oxygen atoms in total. The standard InChI is InChI=1S/C14H19F2NO3S/c1-20-11-8-6-10(7-9-11)17-12-4-2-3-5-13(12)21(18,19)14(15)16/h2-5,10-11,14,17H,6-9H2,1H3. The van der Waals surface area contributed by atoms with Gasteiger partial charge in [-0.1, -0.05) is 12.1 Å². The predicted molar refractivity (Wildman–Crippen MR) is 76.3 cm³/mol. The first-order chi connectivity index (χ1) is 9.95. The molecule has 21 heavy (non-hydrogen) atoms. The zero-order valence-electron chi connectivity index (χ0n) is 11.8. The first kappa shape index (κ1) is 16.2. The second-order valence-corrected chi connectivity index (χ2v) is 7.04. The lowest BCUT2D eigenvalue weighted by Crippen LogP contribution is -2.30. The van der Waals surface area contributed by atoms with Crippen LogP contribution in [0.1, 0.15) is 25.7 Å². The van der Waals surface area contributed by atoms with Gasteiger partial charge in [0, 0.05) is 13.2 Å². The number of rotatable bonds is 5. The van der Waals surface area contributed by atoms with E-state index in [0.717, 1.165) is 25.7 Å². The Kier molecular flexibility index (Phi) is 5.16. The summed E-state index contributed by atoms with van der Waals surface area (Å²) in [6, 6.07) is 5.89. The van der Waals surface area contributed by atoms with E-state index in [1.807, 2.05) is 0 Å². The smallest absolute Gasteiger partial charge is 0.341 e. The molecule has 1 aromatic carbocycles. The zero-order valence-corrected chi connectivity index (χ0v) is 12.6. The number of halogens is 2. The van der Waals surface area contributed by atoms with Crippen molar-refractivity contribution in [1.29, 1.82) is 0 Å². The minimum absolute atomic E-state index is 0.0745. The van der Waals surface area contributed by atoms with E-state index in [9.17, 15) is 17.2 Å². The number of para-hydroxylation sites is 1. The van der Waals surface area contributed by atoms with E-state index < -0.39 is 15.6 Å². The molecule has 1 aliphatic carbocycles. The largest absolute Gasteiger partial charge is 0.381 e. The predicted octanol–water partition coefficient (Wildman–Crippen LogP) is 3.05. The molecule has 0 spiro atoms. The Bertz CT molecular complexity index is 569. The van der Waals surface area contributed by atoms with Crippen molar-refractivity contribution < 1.29 is 21.9 Å². The average molecular weight is 319 g/mol. The van der Waals surface area contributed by atoms with Crippen LogP contribution in [0.3, 0.4) is 0 Å². The fourth-order valence-corrected chi connectivity index (χ4v) is 3.49. The number of benzene rings is 1. The highest BCUT2D eigenvalue weighted by molar-refractivity contribution is 7.91. The van der Waals surface area contributed by atoms with Gasteiger partial charge in [0.1, 0.15) is 0 Å². The third-order valence-corrected chi connectivity index (χ3v) is 5.23. The first-order valence-electron chi connectivity index (χ1n) is 6.85. The number of hydrogen-bond donors (Lipinski definition) is 1. The molecule has 1 saturated carbocycles. The Morgan fingerprint density at radius 3 is 2.38 bits per heavy atom. The van der Waals surface area contributed by atoms with E-state index in [2.05, 4.69) is 5.32 Å². The fourth-order valence-electron chi connectivity index (χ4n) is 2.59. The van der Waals surface area contributed by atoms with Gasteiger partial charge in [0.05, 0.1) is 16.7 Å². The van der Waals surface area contributed by atoms with Crippen molar-refractivity contribution in [2.45, 2.75) is 48.5 Å². The van der Waals surface area contributed by atoms with Crippen molar-refractivity contribution in [3.05, 3.63) is 24.3 Å². The van der Waals surface area contributed by atoms with Crippen LogP contribution in [0.25, 0.3) is 0 Å². The Morgan fingerprint density at radius 2 is 1.81 bits per heavy atom. The molecule has 0 aliphatic heterocycles. The lowest BCUT2D eigenvalue weighted by atomic mass is 9.93. The summed E-state index contributed by atoms with van der Waals surface area (Å²) in [5.41, 5.74) is 0.249. The molecule has 1 fully saturated rings. The molecule has 0 heterocycles. The van der Waals surface area contributed by atoms with E-state index >= 15 is 0 Å². The number of hydrogen-bond acceptors (Lipinski definition) is 4. The summed E-state index contributed by atoms with van der Waals surface area (Å²) < 4.78 is 54.1. The molecule has 2 rings (SSSR count). The van der Waals surface area contributed by atoms with Gasteiger partial charge in [-0.3, -0.25) is 0 Å². The van der Waals surface area contributed by atoms with Crippen LogP contribution in [0.2, 0.25) is 0 Å². The molecule has 0 saturated heterocycles. The van der Waals surface area contributed by atoms with E-state index in [-0.39, 0.29) is 22.7 Å². The third-order valence-electron chi connectivity index (χ3n) is 3.80. The van der Waals surface area contributed by atoms with Crippen LogP contribution in [0.15, 0.2) is 29.2 Å². The number of sulfone groups is 1. The van der Waals surface area contributed by atoms with Crippen molar-refractivity contribution in [3.63, 3.8) is 0 Å². The normalized spacial score (nSPS) is 23.2. The van der Waals surface area contributed by atoms with Gasteiger partial charge in [0.15, 0.2) is 0 Å². The molecular formula is C14H19F2NO3S. The van der Waals surface area contributed by atoms with Crippen LogP contribution in [-0.2, 0) is 14.6 Å². The van der Waals surface area contributed by atoms with Crippen LogP contribution in [0.4, 0.5) is 14.5 Å². The summed E-state index contributed by atoms with van der Waals surface area (Å²) in [5, 5.41) is 3.09. The molecule has 1 aromatic rings. The van der Waals surface area contributed by atoms with Gasteiger partial charge in [0.2, 0.25) is 9.84 Å². The minimum Gasteiger partial charge on any atom is -0.381 e. The molecule has 1 N–H and O–H groups in total. The second kappa shape index (κ2) is 6.70. The van der Waals surface area contributed by atoms with Crippen molar-refractivity contribution in [3.8, 4) is 0 Å². The maximum Gasteiger partial charge on any atom is 0.341 e. The van der Waals surface area contributed by atoms with Gasteiger partial charge in [-0.15, -0.1) is 0 Å². The van der Waals surface area contributed by atoms with Gasteiger partial charge < -0.3 is 10.1 Å². The lowest BCUT2D eigenvalue weighted by Gasteiger charge is -2.29. The van der Waals surface area contributed by atoms with Crippen LogP contribution < -0.4 is 5.32 Å². The highest BCUT2D eigenvalue weighted by Crippen LogP contribution is 2.29. The second-order valence-electron chi connectivity index (χ2n) is 5.16. The van der Waals surface area contributed by atoms with Crippen molar-refractivity contribution in [2.24, 2.45) is 0 Å². The number of alkyl halides is 2. The molecule has 0 unspecified atom stereocenters. The number of ether oxygens (including phenoxy) is 1. The van der Waals surface area contributed by atoms with E-state index in [1.165, 1.54) is 18.2 Å². The molecule has 0 atom stereocenters. The van der Waals surface area contributed by atoms with Gasteiger partial charge in [-0.25, -0.2) is 8.42 Å². The topological polar surface area (TPSA) is 55.4 Å². The molecular weight excluding hydrogens is 300 g/mol. The first-order valence-corrected chi connectivity index (χ1v) is 8.40. The maximum atomic E-state index is 12.7. The van der Waals surface area contributed by atoms with Crippen LogP contribution >= 0.6 is 0 Å². The molecule has 0 radical (unpaired) electrons. The summed E-state index contributed by atoms with van der Waals surface area (Å²) in [5.74, 6) is -3.41. The summed E-state index contributed by atoms with van der Waals surface area (Å²) in [6.07, 6.45) is 3.61. The lowest BCUT2D eigenvalue weighted by molar-refractivity contribution is 0.0681. The number of methoxy groups -OCH3 is 1. The maximum absolute atomic E-state index is 12.7. The van der Waals surface area contributed by atoms with Gasteiger partial charge in [-0.05, 0) is 37.8 Å². The summed E-state index contributed by atoms with van der Waals surface area (Å²) in [4.78, 5) is -0.339. The van der Waals surface area contributed by atoms with Crippen molar-refractivity contribution in [2.75, 3.05) is 12.4 Å². The Balaban J connectivity index is 2.15. The Labute approximate surface area is 123 Å². The molecule has 0 aromatic heterocycles. The highest BCUT2D eigenvalue weighted by atomic mass is 32.2. The number of anilines is 1. The van der Waals surface area contributed by atoms with Crippen LogP contribution in [-0.4, -0.2) is 33.4 Å². The van der Waals surface area contributed by atoms with E-state index in [1.54, 1.807) is 13.2 Å². The van der Waals surface area contributed by atoms with E-state index in [0.29, 0.717) is 0 Å². The van der Waals surface area contributed by atoms with Crippen molar-refractivity contribution in [1.82, 2.24) is 0 Å². The highest BCUT2D eigenvalue weighted by Gasteiger charge is 2.30. The van der Waals surface area contributed by atoms with Crippen LogP contribution in [0.5, 0.6) is 0 Å². The van der Waals surface area contributed by atoms with Gasteiger partial charge in [-0.2, -0.15) is 8.78 Å². The Hall–Kier alpha value is -1.21. The quantitative estimate of drug-likeness (QED) is 0.906. The number of nitrogens with one attached hydrogen (secondary N) is 1. The van der Waals surface area contributed by atoms with Gasteiger partial charge in [0.25, 0.3) is 0 Å². The van der Waals surface area contributed by atoms with E-state index in [4.69, 9.17) is 4.74 Å².